The van der Waals surface area contributed by atoms with E-state index in [4.69, 9.17) is 27.9 Å². The monoisotopic (exact) mass is 519 g/mol. The highest BCUT2D eigenvalue weighted by Crippen LogP contribution is 2.26. The van der Waals surface area contributed by atoms with Crippen LogP contribution in [0.15, 0.2) is 77.9 Å². The first-order chi connectivity index (χ1) is 16.1. The van der Waals surface area contributed by atoms with Gasteiger partial charge in [-0.25, -0.2) is 18.6 Å². The Morgan fingerprint density at radius 1 is 1.00 bits per heavy atom. The van der Waals surface area contributed by atoms with Gasteiger partial charge >= 0.3 is 5.97 Å². The molecule has 1 amide bonds. The molecule has 0 radical (unpaired) electrons. The largest absolute Gasteiger partial charge is 0.423 e. The molecule has 0 spiro atoms. The average Bonchev–Trinajstić information content (AvgIpc) is 2.78. The van der Waals surface area contributed by atoms with Crippen LogP contribution in [0.4, 0.5) is 5.69 Å². The summed E-state index contributed by atoms with van der Waals surface area (Å²) >= 11 is 11.9. The Hall–Kier alpha value is -3.40. The third kappa shape index (κ3) is 7.31. The molecule has 0 bridgehead atoms. The molecule has 1 N–H and O–H groups in total. The predicted octanol–water partition coefficient (Wildman–Crippen LogP) is 4.13. The number of esters is 1. The zero-order valence-electron chi connectivity index (χ0n) is 17.8. The van der Waals surface area contributed by atoms with Gasteiger partial charge in [-0.05, 0) is 60.2 Å². The third-order valence-corrected chi connectivity index (χ3v) is 5.90. The van der Waals surface area contributed by atoms with Crippen LogP contribution in [0.5, 0.6) is 5.75 Å². The van der Waals surface area contributed by atoms with Crippen molar-refractivity contribution in [1.82, 2.24) is 5.43 Å². The Kier molecular flexibility index (Phi) is 8.27. The van der Waals surface area contributed by atoms with E-state index in [1.807, 2.05) is 0 Å². The Balaban J connectivity index is 1.59. The van der Waals surface area contributed by atoms with Gasteiger partial charge in [0, 0.05) is 10.0 Å². The van der Waals surface area contributed by atoms with Crippen molar-refractivity contribution in [2.75, 3.05) is 17.1 Å². The highest BCUT2D eigenvalue weighted by Gasteiger charge is 2.21. The summed E-state index contributed by atoms with van der Waals surface area (Å²) in [5, 5.41) is 4.30. The first-order valence-electron chi connectivity index (χ1n) is 9.75. The molecule has 0 heterocycles. The highest BCUT2D eigenvalue weighted by atomic mass is 35.5. The fourth-order valence-electron chi connectivity index (χ4n) is 2.79. The van der Waals surface area contributed by atoms with Gasteiger partial charge in [-0.2, -0.15) is 5.10 Å². The van der Waals surface area contributed by atoms with Gasteiger partial charge in [0.25, 0.3) is 5.91 Å². The highest BCUT2D eigenvalue weighted by molar-refractivity contribution is 7.92. The number of halogens is 2. The molecule has 0 aromatic heterocycles. The van der Waals surface area contributed by atoms with E-state index in [0.717, 1.165) is 10.6 Å². The molecule has 0 aliphatic rings. The van der Waals surface area contributed by atoms with Crippen molar-refractivity contribution < 1.29 is 22.7 Å². The molecule has 0 atom stereocenters. The predicted molar refractivity (Wildman–Crippen MR) is 132 cm³/mol. The molecule has 0 saturated heterocycles. The number of hydrogen-bond donors (Lipinski definition) is 1. The first-order valence-corrected chi connectivity index (χ1v) is 12.4. The molecular formula is C23H19Cl2N3O5S. The van der Waals surface area contributed by atoms with Crippen molar-refractivity contribution in [1.29, 1.82) is 0 Å². The lowest BCUT2D eigenvalue weighted by atomic mass is 10.2. The summed E-state index contributed by atoms with van der Waals surface area (Å²) < 4.78 is 30.5. The average molecular weight is 520 g/mol. The second kappa shape index (κ2) is 11.1. The molecule has 0 saturated carbocycles. The summed E-state index contributed by atoms with van der Waals surface area (Å²) in [5.41, 5.74) is 3.47. The zero-order valence-corrected chi connectivity index (χ0v) is 20.1. The van der Waals surface area contributed by atoms with Crippen LogP contribution in [0.2, 0.25) is 10.0 Å². The van der Waals surface area contributed by atoms with E-state index in [0.29, 0.717) is 16.9 Å². The van der Waals surface area contributed by atoms with Gasteiger partial charge < -0.3 is 4.74 Å². The molecular weight excluding hydrogens is 501 g/mol. The Morgan fingerprint density at radius 3 is 2.21 bits per heavy atom. The van der Waals surface area contributed by atoms with Crippen molar-refractivity contribution in [3.63, 3.8) is 0 Å². The van der Waals surface area contributed by atoms with Crippen molar-refractivity contribution in [2.45, 2.75) is 0 Å². The number of amides is 1. The molecule has 0 unspecified atom stereocenters. The third-order valence-electron chi connectivity index (χ3n) is 4.33. The molecule has 0 fully saturated rings. The second-order valence-electron chi connectivity index (χ2n) is 7.02. The van der Waals surface area contributed by atoms with Crippen LogP contribution in [0.1, 0.15) is 15.9 Å². The molecule has 8 nitrogen and oxygen atoms in total. The maximum atomic E-state index is 12.3. The van der Waals surface area contributed by atoms with Crippen LogP contribution in [-0.4, -0.2) is 39.3 Å². The molecule has 3 aromatic rings. The van der Waals surface area contributed by atoms with Crippen LogP contribution in [-0.2, 0) is 14.8 Å². The second-order valence-corrected chi connectivity index (χ2v) is 9.79. The minimum atomic E-state index is -3.80. The molecule has 3 rings (SSSR count). The minimum absolute atomic E-state index is 0.153. The smallest absolute Gasteiger partial charge is 0.343 e. The lowest BCUT2D eigenvalue weighted by Crippen LogP contribution is -2.39. The fraction of sp³-hybridized carbons (Fsp3) is 0.0870. The van der Waals surface area contributed by atoms with E-state index < -0.39 is 28.4 Å². The summed E-state index contributed by atoms with van der Waals surface area (Å²) in [6.45, 7) is -0.527. The van der Waals surface area contributed by atoms with Gasteiger partial charge in [-0.1, -0.05) is 41.4 Å². The Bertz CT molecular complexity index is 1290. The maximum absolute atomic E-state index is 12.3. The standard InChI is InChI=1S/C23H19Cl2N3O5S/c1-34(31,32)28(20-12-18(24)11-19(25)13-20)15-22(29)27-26-14-16-7-9-21(10-8-16)33-23(30)17-5-3-2-4-6-17/h2-14H,15H2,1H3,(H,27,29)/b26-14-. The number of hydrazone groups is 1. The summed E-state index contributed by atoms with van der Waals surface area (Å²) in [7, 11) is -3.80. The van der Waals surface area contributed by atoms with Gasteiger partial charge in [0.05, 0.1) is 23.7 Å². The quantitative estimate of drug-likeness (QED) is 0.208. The number of carbonyl (C=O) groups excluding carboxylic acids is 2. The van der Waals surface area contributed by atoms with E-state index in [9.17, 15) is 18.0 Å². The number of sulfonamides is 1. The van der Waals surface area contributed by atoms with Crippen LogP contribution >= 0.6 is 23.2 Å². The molecule has 11 heteroatoms. The van der Waals surface area contributed by atoms with Gasteiger partial charge in [-0.15, -0.1) is 0 Å². The normalized spacial score (nSPS) is 11.3. The Morgan fingerprint density at radius 2 is 1.62 bits per heavy atom. The maximum Gasteiger partial charge on any atom is 0.343 e. The number of anilines is 1. The molecule has 0 aliphatic carbocycles. The lowest BCUT2D eigenvalue weighted by Gasteiger charge is -2.21. The molecule has 34 heavy (non-hydrogen) atoms. The van der Waals surface area contributed by atoms with E-state index >= 15 is 0 Å². The number of carbonyl (C=O) groups is 2. The summed E-state index contributed by atoms with van der Waals surface area (Å²) in [6, 6.07) is 19.2. The summed E-state index contributed by atoms with van der Waals surface area (Å²) in [6.07, 6.45) is 2.33. The van der Waals surface area contributed by atoms with E-state index in [-0.39, 0.29) is 15.7 Å². The lowest BCUT2D eigenvalue weighted by molar-refractivity contribution is -0.119. The summed E-state index contributed by atoms with van der Waals surface area (Å²) in [5.74, 6) is -0.809. The topological polar surface area (TPSA) is 105 Å². The number of rotatable bonds is 8. The minimum Gasteiger partial charge on any atom is -0.423 e. The SMILES string of the molecule is CS(=O)(=O)N(CC(=O)N/N=C\c1ccc(OC(=O)c2ccccc2)cc1)c1cc(Cl)cc(Cl)c1. The van der Waals surface area contributed by atoms with Gasteiger partial charge in [-0.3, -0.25) is 9.10 Å². The van der Waals surface area contributed by atoms with Crippen LogP contribution in [0.25, 0.3) is 0 Å². The number of nitrogens with one attached hydrogen (secondary N) is 1. The van der Waals surface area contributed by atoms with Crippen molar-refractivity contribution in [3.05, 3.63) is 94.0 Å². The van der Waals surface area contributed by atoms with E-state index in [1.165, 1.54) is 24.4 Å². The van der Waals surface area contributed by atoms with Gasteiger partial charge in [0.2, 0.25) is 10.0 Å². The van der Waals surface area contributed by atoms with Crippen LogP contribution in [0.3, 0.4) is 0 Å². The first kappa shape index (κ1) is 25.2. The van der Waals surface area contributed by atoms with Gasteiger partial charge in [0.1, 0.15) is 12.3 Å². The zero-order chi connectivity index (χ0) is 24.7. The number of hydrogen-bond acceptors (Lipinski definition) is 6. The fourth-order valence-corrected chi connectivity index (χ4v) is 4.14. The van der Waals surface area contributed by atoms with Crippen LogP contribution in [0, 0.1) is 0 Å². The Labute approximate surface area is 206 Å². The van der Waals surface area contributed by atoms with E-state index in [2.05, 4.69) is 10.5 Å². The molecule has 3 aromatic carbocycles. The molecule has 176 valence electrons. The van der Waals surface area contributed by atoms with Crippen molar-refractivity contribution >= 4 is 57.0 Å². The molecule has 0 aliphatic heterocycles. The summed E-state index contributed by atoms with van der Waals surface area (Å²) in [4.78, 5) is 24.4. The number of nitrogens with zero attached hydrogens (tertiary/aromatic N) is 2. The van der Waals surface area contributed by atoms with E-state index in [1.54, 1.807) is 54.6 Å². The van der Waals surface area contributed by atoms with Gasteiger partial charge in [0.15, 0.2) is 0 Å². The number of benzene rings is 3. The van der Waals surface area contributed by atoms with Crippen LogP contribution < -0.4 is 14.5 Å². The van der Waals surface area contributed by atoms with Crippen molar-refractivity contribution in [2.24, 2.45) is 5.10 Å². The number of ether oxygens (including phenoxy) is 1. The van der Waals surface area contributed by atoms with Crippen molar-refractivity contribution in [3.8, 4) is 5.75 Å².